The molecule has 74 valence electrons. The summed E-state index contributed by atoms with van der Waals surface area (Å²) in [5.41, 5.74) is 2.13. The summed E-state index contributed by atoms with van der Waals surface area (Å²) in [7, 11) is 1.87. The molecule has 1 aromatic carbocycles. The monoisotopic (exact) mass is 189 g/mol. The van der Waals surface area contributed by atoms with Crippen LogP contribution in [0.4, 0.5) is 0 Å². The predicted molar refractivity (Wildman–Crippen MR) is 58.0 cm³/mol. The van der Waals surface area contributed by atoms with E-state index in [1.54, 1.807) is 0 Å². The van der Waals surface area contributed by atoms with Crippen LogP contribution >= 0.6 is 0 Å². The lowest BCUT2D eigenvalue weighted by atomic mass is 10.1. The molecule has 0 aliphatic carbocycles. The predicted octanol–water partition coefficient (Wildman–Crippen LogP) is 0.792. The molecule has 2 N–H and O–H groups in total. The Bertz CT molecular complexity index is 336. The Morgan fingerprint density at radius 1 is 1.43 bits per heavy atom. The van der Waals surface area contributed by atoms with Crippen LogP contribution in [-0.2, 0) is 6.42 Å². The van der Waals surface area contributed by atoms with Crippen molar-refractivity contribution in [2.45, 2.75) is 6.42 Å². The molecule has 0 heterocycles. The van der Waals surface area contributed by atoms with Gasteiger partial charge in [0.15, 0.2) is 0 Å². The fourth-order valence-corrected chi connectivity index (χ4v) is 1.17. The van der Waals surface area contributed by atoms with Gasteiger partial charge in [0.25, 0.3) is 0 Å². The first-order valence-corrected chi connectivity index (χ1v) is 4.70. The molecule has 0 aliphatic heterocycles. The van der Waals surface area contributed by atoms with Gasteiger partial charge in [-0.1, -0.05) is 24.0 Å². The molecule has 0 fully saturated rings. The largest absolute Gasteiger partial charge is 0.396 e. The second-order valence-corrected chi connectivity index (χ2v) is 3.01. The van der Waals surface area contributed by atoms with E-state index in [1.807, 2.05) is 31.3 Å². The molecule has 2 nitrogen and oxygen atoms in total. The van der Waals surface area contributed by atoms with Crippen molar-refractivity contribution in [1.29, 1.82) is 0 Å². The fraction of sp³-hybridized carbons (Fsp3) is 0.333. The number of rotatable bonds is 3. The Kier molecular flexibility index (Phi) is 4.77. The molecule has 0 saturated heterocycles. The maximum absolute atomic E-state index is 8.78. The lowest BCUT2D eigenvalue weighted by Gasteiger charge is -1.97. The Morgan fingerprint density at radius 2 is 2.29 bits per heavy atom. The minimum atomic E-state index is 0.188. The van der Waals surface area contributed by atoms with Crippen molar-refractivity contribution in [2.24, 2.45) is 0 Å². The number of hydrogen-bond acceptors (Lipinski definition) is 2. The zero-order chi connectivity index (χ0) is 10.2. The van der Waals surface area contributed by atoms with Crippen molar-refractivity contribution in [3.63, 3.8) is 0 Å². The van der Waals surface area contributed by atoms with E-state index in [4.69, 9.17) is 5.11 Å². The molecule has 0 unspecified atom stereocenters. The highest BCUT2D eigenvalue weighted by molar-refractivity contribution is 5.37. The van der Waals surface area contributed by atoms with Gasteiger partial charge in [0.2, 0.25) is 0 Å². The first kappa shape index (κ1) is 10.8. The Balaban J connectivity index is 2.69. The average molecular weight is 189 g/mol. The third-order valence-electron chi connectivity index (χ3n) is 1.83. The van der Waals surface area contributed by atoms with Gasteiger partial charge in [-0.3, -0.25) is 0 Å². The first-order chi connectivity index (χ1) is 6.86. The summed E-state index contributed by atoms with van der Waals surface area (Å²) in [5, 5.41) is 11.7. The highest BCUT2D eigenvalue weighted by atomic mass is 16.2. The van der Waals surface area contributed by atoms with Crippen molar-refractivity contribution in [3.8, 4) is 11.8 Å². The molecule has 1 rings (SSSR count). The van der Waals surface area contributed by atoms with Crippen LogP contribution < -0.4 is 5.32 Å². The van der Waals surface area contributed by atoms with Gasteiger partial charge in [0.05, 0.1) is 6.54 Å². The summed E-state index contributed by atoms with van der Waals surface area (Å²) >= 11 is 0. The summed E-state index contributed by atoms with van der Waals surface area (Å²) in [6.07, 6.45) is 0.696. The van der Waals surface area contributed by atoms with E-state index in [0.717, 1.165) is 11.1 Å². The van der Waals surface area contributed by atoms with Gasteiger partial charge in [-0.15, -0.1) is 0 Å². The van der Waals surface area contributed by atoms with Gasteiger partial charge in [-0.25, -0.2) is 0 Å². The SMILES string of the molecule is CNCC#Cc1cccc(CCO)c1. The van der Waals surface area contributed by atoms with Crippen LogP contribution in [0.5, 0.6) is 0 Å². The van der Waals surface area contributed by atoms with E-state index in [0.29, 0.717) is 13.0 Å². The van der Waals surface area contributed by atoms with Crippen LogP contribution in [0.3, 0.4) is 0 Å². The molecule has 0 aromatic heterocycles. The van der Waals surface area contributed by atoms with Crippen molar-refractivity contribution < 1.29 is 5.11 Å². The third kappa shape index (κ3) is 3.61. The third-order valence-corrected chi connectivity index (χ3v) is 1.83. The topological polar surface area (TPSA) is 32.3 Å². The summed E-state index contributed by atoms with van der Waals surface area (Å²) in [6, 6.07) is 7.95. The van der Waals surface area contributed by atoms with E-state index in [1.165, 1.54) is 0 Å². The van der Waals surface area contributed by atoms with Crippen LogP contribution in [0.2, 0.25) is 0 Å². The highest BCUT2D eigenvalue weighted by Crippen LogP contribution is 2.04. The number of aliphatic hydroxyl groups excluding tert-OH is 1. The molecule has 14 heavy (non-hydrogen) atoms. The van der Waals surface area contributed by atoms with Crippen LogP contribution in [0.1, 0.15) is 11.1 Å². The second-order valence-electron chi connectivity index (χ2n) is 3.01. The number of nitrogens with one attached hydrogen (secondary N) is 1. The minimum Gasteiger partial charge on any atom is -0.396 e. The normalized spacial score (nSPS) is 9.29. The van der Waals surface area contributed by atoms with Gasteiger partial charge in [0.1, 0.15) is 0 Å². The first-order valence-electron chi connectivity index (χ1n) is 4.70. The van der Waals surface area contributed by atoms with Gasteiger partial charge >= 0.3 is 0 Å². The van der Waals surface area contributed by atoms with Gasteiger partial charge in [-0.05, 0) is 31.2 Å². The van der Waals surface area contributed by atoms with Crippen molar-refractivity contribution in [2.75, 3.05) is 20.2 Å². The average Bonchev–Trinajstić information content (AvgIpc) is 2.19. The van der Waals surface area contributed by atoms with E-state index < -0.39 is 0 Å². The Morgan fingerprint density at radius 3 is 3.00 bits per heavy atom. The highest BCUT2D eigenvalue weighted by Gasteiger charge is 1.92. The smallest absolute Gasteiger partial charge is 0.0577 e. The summed E-state index contributed by atoms with van der Waals surface area (Å²) in [4.78, 5) is 0. The minimum absolute atomic E-state index is 0.188. The molecule has 0 saturated carbocycles. The summed E-state index contributed by atoms with van der Waals surface area (Å²) in [5.74, 6) is 6.05. The maximum Gasteiger partial charge on any atom is 0.0577 e. The van der Waals surface area contributed by atoms with Crippen LogP contribution in [0, 0.1) is 11.8 Å². The van der Waals surface area contributed by atoms with Crippen molar-refractivity contribution in [1.82, 2.24) is 5.32 Å². The van der Waals surface area contributed by atoms with Crippen molar-refractivity contribution >= 4 is 0 Å². The standard InChI is InChI=1S/C12H15NO/c1-13-8-3-6-11-4-2-5-12(10-11)7-9-14/h2,4-5,10,13-14H,7-9H2,1H3. The fourth-order valence-electron chi connectivity index (χ4n) is 1.17. The van der Waals surface area contributed by atoms with Gasteiger partial charge in [0, 0.05) is 12.2 Å². The zero-order valence-electron chi connectivity index (χ0n) is 8.38. The van der Waals surface area contributed by atoms with E-state index in [9.17, 15) is 0 Å². The molecule has 0 atom stereocenters. The Hall–Kier alpha value is -1.30. The van der Waals surface area contributed by atoms with Crippen molar-refractivity contribution in [3.05, 3.63) is 35.4 Å². The molecular weight excluding hydrogens is 174 g/mol. The van der Waals surface area contributed by atoms with Gasteiger partial charge < -0.3 is 10.4 Å². The zero-order valence-corrected chi connectivity index (χ0v) is 8.38. The quantitative estimate of drug-likeness (QED) is 0.689. The lowest BCUT2D eigenvalue weighted by Crippen LogP contribution is -2.04. The van der Waals surface area contributed by atoms with E-state index >= 15 is 0 Å². The Labute approximate surface area is 85.0 Å². The van der Waals surface area contributed by atoms with E-state index in [-0.39, 0.29) is 6.61 Å². The molecule has 0 aliphatic rings. The van der Waals surface area contributed by atoms with Crippen LogP contribution in [-0.4, -0.2) is 25.3 Å². The lowest BCUT2D eigenvalue weighted by molar-refractivity contribution is 0.299. The maximum atomic E-state index is 8.78. The second kappa shape index (κ2) is 6.20. The number of benzene rings is 1. The number of hydrogen-bond donors (Lipinski definition) is 2. The molecule has 0 spiro atoms. The van der Waals surface area contributed by atoms with E-state index in [2.05, 4.69) is 17.2 Å². The van der Waals surface area contributed by atoms with Crippen LogP contribution in [0.25, 0.3) is 0 Å². The molecule has 0 amide bonds. The molecule has 0 radical (unpaired) electrons. The number of aliphatic hydroxyl groups is 1. The van der Waals surface area contributed by atoms with Crippen LogP contribution in [0.15, 0.2) is 24.3 Å². The summed E-state index contributed by atoms with van der Waals surface area (Å²) in [6.45, 7) is 0.887. The van der Waals surface area contributed by atoms with Gasteiger partial charge in [-0.2, -0.15) is 0 Å². The summed E-state index contributed by atoms with van der Waals surface area (Å²) < 4.78 is 0. The molecular formula is C12H15NO. The molecule has 2 heteroatoms. The molecule has 1 aromatic rings. The molecule has 0 bridgehead atoms.